The quantitative estimate of drug-likeness (QED) is 0.0277. The predicted molar refractivity (Wildman–Crippen MR) is 219 cm³/mol. The van der Waals surface area contributed by atoms with Crippen LogP contribution in [0.25, 0.3) is 0 Å². The third kappa shape index (κ3) is 38.1. The second-order valence-electron chi connectivity index (χ2n) is 13.5. The fraction of sp³-hybridized carbons (Fsp3) is 0.674. The summed E-state index contributed by atoms with van der Waals surface area (Å²) in [5, 5.41) is 0. The Bertz CT molecular complexity index is 1020. The number of hydrogen-bond donors (Lipinski definition) is 0. The largest absolute Gasteiger partial charge is 0.462 e. The molecule has 6 nitrogen and oxygen atoms in total. The Morgan fingerprint density at radius 2 is 0.769 bits per heavy atom. The van der Waals surface area contributed by atoms with Gasteiger partial charge in [-0.05, 0) is 83.5 Å². The van der Waals surface area contributed by atoms with Crippen molar-refractivity contribution >= 4 is 17.9 Å². The van der Waals surface area contributed by atoms with Gasteiger partial charge in [0.05, 0.1) is 0 Å². The van der Waals surface area contributed by atoms with E-state index in [0.29, 0.717) is 19.3 Å². The van der Waals surface area contributed by atoms with Crippen molar-refractivity contribution < 1.29 is 28.6 Å². The van der Waals surface area contributed by atoms with Crippen molar-refractivity contribution in [2.24, 2.45) is 0 Å². The third-order valence-corrected chi connectivity index (χ3v) is 8.45. The fourth-order valence-corrected chi connectivity index (χ4v) is 5.29. The van der Waals surface area contributed by atoms with Crippen molar-refractivity contribution in [2.45, 2.75) is 187 Å². The van der Waals surface area contributed by atoms with Crippen LogP contribution in [0.4, 0.5) is 0 Å². The van der Waals surface area contributed by atoms with E-state index in [1.54, 1.807) is 0 Å². The van der Waals surface area contributed by atoms with Crippen LogP contribution in [0, 0.1) is 0 Å². The highest BCUT2D eigenvalue weighted by atomic mass is 16.6. The molecule has 0 spiro atoms. The van der Waals surface area contributed by atoms with E-state index in [9.17, 15) is 14.4 Å². The molecule has 52 heavy (non-hydrogen) atoms. The van der Waals surface area contributed by atoms with E-state index >= 15 is 0 Å². The van der Waals surface area contributed by atoms with Crippen LogP contribution < -0.4 is 0 Å². The van der Waals surface area contributed by atoms with Crippen molar-refractivity contribution in [1.29, 1.82) is 0 Å². The van der Waals surface area contributed by atoms with Gasteiger partial charge in [-0.2, -0.15) is 0 Å². The Labute approximate surface area is 319 Å². The molecule has 1 unspecified atom stereocenters. The summed E-state index contributed by atoms with van der Waals surface area (Å²) in [4.78, 5) is 37.3. The molecule has 0 saturated heterocycles. The maximum Gasteiger partial charge on any atom is 0.306 e. The minimum absolute atomic E-state index is 0.0984. The standard InChI is InChI=1S/C46H76O6/c1-4-7-10-13-15-17-19-21-22-23-24-25-27-28-30-33-36-39-45(48)51-42-43(41-50-44(47)38-35-32-12-9-6-3)52-46(49)40-37-34-31-29-26-20-18-16-14-11-8-5-2/h7,10,15-18,21-22,24-25,28,30,43H,4-6,8-9,11-14,19-20,23,26-27,29,31-42H2,1-3H3/b10-7-,17-15-,18-16-,22-21-,25-24-,30-28-. The van der Waals surface area contributed by atoms with Gasteiger partial charge in [0, 0.05) is 19.3 Å². The Hall–Kier alpha value is -3.15. The number of ether oxygens (including phenoxy) is 3. The highest BCUT2D eigenvalue weighted by molar-refractivity contribution is 5.71. The lowest BCUT2D eigenvalue weighted by atomic mass is 10.1. The highest BCUT2D eigenvalue weighted by Crippen LogP contribution is 2.11. The zero-order chi connectivity index (χ0) is 38.0. The van der Waals surface area contributed by atoms with E-state index < -0.39 is 6.10 Å². The van der Waals surface area contributed by atoms with E-state index in [1.165, 1.54) is 32.1 Å². The van der Waals surface area contributed by atoms with Crippen LogP contribution in [-0.2, 0) is 28.6 Å². The Kier molecular flexibility index (Phi) is 38.2. The maximum atomic E-state index is 12.6. The van der Waals surface area contributed by atoms with Gasteiger partial charge < -0.3 is 14.2 Å². The van der Waals surface area contributed by atoms with Crippen molar-refractivity contribution in [3.05, 3.63) is 72.9 Å². The van der Waals surface area contributed by atoms with Crippen LogP contribution in [0.15, 0.2) is 72.9 Å². The molecule has 0 amide bonds. The lowest BCUT2D eigenvalue weighted by Gasteiger charge is -2.18. The summed E-state index contributed by atoms with van der Waals surface area (Å²) in [6.45, 7) is 6.32. The Morgan fingerprint density at radius 1 is 0.404 bits per heavy atom. The molecule has 0 aromatic rings. The molecule has 0 aromatic heterocycles. The van der Waals surface area contributed by atoms with Crippen LogP contribution in [0.2, 0.25) is 0 Å². The first-order valence-corrected chi connectivity index (χ1v) is 20.9. The number of allylic oxidation sites excluding steroid dienone is 12. The van der Waals surface area contributed by atoms with Gasteiger partial charge in [-0.3, -0.25) is 14.4 Å². The number of carbonyl (C=O) groups excluding carboxylic acids is 3. The van der Waals surface area contributed by atoms with Crippen molar-refractivity contribution in [3.63, 3.8) is 0 Å². The minimum atomic E-state index is -0.796. The molecule has 0 aliphatic heterocycles. The molecular formula is C46H76O6. The topological polar surface area (TPSA) is 78.9 Å². The summed E-state index contributed by atoms with van der Waals surface area (Å²) in [5.74, 6) is -0.992. The minimum Gasteiger partial charge on any atom is -0.462 e. The smallest absolute Gasteiger partial charge is 0.306 e. The van der Waals surface area contributed by atoms with E-state index in [4.69, 9.17) is 14.2 Å². The number of unbranched alkanes of at least 4 members (excludes halogenated alkanes) is 13. The third-order valence-electron chi connectivity index (χ3n) is 8.45. The van der Waals surface area contributed by atoms with E-state index in [0.717, 1.165) is 103 Å². The van der Waals surface area contributed by atoms with Gasteiger partial charge in [-0.1, -0.05) is 151 Å². The monoisotopic (exact) mass is 725 g/mol. The second-order valence-corrected chi connectivity index (χ2v) is 13.5. The zero-order valence-electron chi connectivity index (χ0n) is 33.5. The molecule has 0 fully saturated rings. The van der Waals surface area contributed by atoms with Gasteiger partial charge in [0.25, 0.3) is 0 Å². The number of carbonyl (C=O) groups is 3. The van der Waals surface area contributed by atoms with Gasteiger partial charge >= 0.3 is 17.9 Å². The molecule has 0 radical (unpaired) electrons. The van der Waals surface area contributed by atoms with Gasteiger partial charge in [0.15, 0.2) is 6.10 Å². The molecule has 296 valence electrons. The second kappa shape index (κ2) is 40.6. The molecule has 0 rings (SSSR count). The summed E-state index contributed by atoms with van der Waals surface area (Å²) in [6, 6.07) is 0. The average Bonchev–Trinajstić information content (AvgIpc) is 3.14. The van der Waals surface area contributed by atoms with Crippen LogP contribution >= 0.6 is 0 Å². The van der Waals surface area contributed by atoms with Crippen LogP contribution in [0.1, 0.15) is 181 Å². The Balaban J connectivity index is 4.38. The molecule has 1 atom stereocenters. The SMILES string of the molecule is CC/C=C\C/C=C\C/C=C\C/C=C\C/C=C\CCCC(=O)OCC(COC(=O)CCCCCCC)OC(=O)CCCCCCC/C=C\CCCCC. The average molecular weight is 725 g/mol. The summed E-state index contributed by atoms with van der Waals surface area (Å²) in [7, 11) is 0. The van der Waals surface area contributed by atoms with Gasteiger partial charge in [0.2, 0.25) is 0 Å². The molecule has 0 aliphatic rings. The molecule has 6 heteroatoms. The normalized spacial score (nSPS) is 12.8. The molecule has 0 aromatic carbocycles. The van der Waals surface area contributed by atoms with Crippen molar-refractivity contribution in [2.75, 3.05) is 13.2 Å². The lowest BCUT2D eigenvalue weighted by molar-refractivity contribution is -0.167. The summed E-state index contributed by atoms with van der Waals surface area (Å²) < 4.78 is 16.5. The predicted octanol–water partition coefficient (Wildman–Crippen LogP) is 13.1. The molecule has 0 bridgehead atoms. The summed E-state index contributed by atoms with van der Waals surface area (Å²) in [5.41, 5.74) is 0. The van der Waals surface area contributed by atoms with Crippen LogP contribution in [-0.4, -0.2) is 37.2 Å². The lowest BCUT2D eigenvalue weighted by Crippen LogP contribution is -2.30. The molecule has 0 heterocycles. The summed E-state index contributed by atoms with van der Waals surface area (Å²) >= 11 is 0. The van der Waals surface area contributed by atoms with Crippen molar-refractivity contribution in [3.8, 4) is 0 Å². The zero-order valence-corrected chi connectivity index (χ0v) is 33.5. The number of rotatable bonds is 36. The highest BCUT2D eigenvalue weighted by Gasteiger charge is 2.19. The first kappa shape index (κ1) is 48.9. The fourth-order valence-electron chi connectivity index (χ4n) is 5.29. The Morgan fingerprint density at radius 3 is 1.31 bits per heavy atom. The van der Waals surface area contributed by atoms with E-state index in [-0.39, 0.29) is 37.5 Å². The van der Waals surface area contributed by atoms with Crippen LogP contribution in [0.5, 0.6) is 0 Å². The molecule has 0 aliphatic carbocycles. The number of esters is 3. The van der Waals surface area contributed by atoms with Gasteiger partial charge in [-0.25, -0.2) is 0 Å². The van der Waals surface area contributed by atoms with E-state index in [2.05, 4.69) is 93.7 Å². The number of hydrogen-bond acceptors (Lipinski definition) is 6. The molecule has 0 N–H and O–H groups in total. The summed E-state index contributed by atoms with van der Waals surface area (Å²) in [6.07, 6.45) is 49.2. The molecular weight excluding hydrogens is 648 g/mol. The van der Waals surface area contributed by atoms with Crippen LogP contribution in [0.3, 0.4) is 0 Å². The first-order valence-electron chi connectivity index (χ1n) is 20.9. The van der Waals surface area contributed by atoms with Gasteiger partial charge in [-0.15, -0.1) is 0 Å². The van der Waals surface area contributed by atoms with Gasteiger partial charge in [0.1, 0.15) is 13.2 Å². The maximum absolute atomic E-state index is 12.6. The molecule has 0 saturated carbocycles. The van der Waals surface area contributed by atoms with Crippen molar-refractivity contribution in [1.82, 2.24) is 0 Å². The first-order chi connectivity index (χ1) is 25.5. The van der Waals surface area contributed by atoms with E-state index in [1.807, 2.05) is 0 Å².